The van der Waals surface area contributed by atoms with Gasteiger partial charge in [0.25, 0.3) is 0 Å². The number of aryl methyl sites for hydroxylation is 1. The minimum atomic E-state index is -0.794. The molecular weight excluding hydrogens is 157 g/mol. The molecule has 12 heavy (non-hydrogen) atoms. The average molecular weight is 169 g/mol. The molecule has 0 unspecified atom stereocenters. The fourth-order valence-corrected chi connectivity index (χ4v) is 1.01. The first-order valence-electron chi connectivity index (χ1n) is 3.75. The van der Waals surface area contributed by atoms with E-state index in [2.05, 4.69) is 5.32 Å². The van der Waals surface area contributed by atoms with Crippen molar-refractivity contribution in [1.29, 1.82) is 0 Å². The maximum absolute atomic E-state index is 11.9. The number of alkyl halides is 1. The lowest BCUT2D eigenvalue weighted by Crippen LogP contribution is -1.96. The van der Waals surface area contributed by atoms with E-state index in [4.69, 9.17) is 4.74 Å². The van der Waals surface area contributed by atoms with Gasteiger partial charge in [0.2, 0.25) is 6.86 Å². The second-order valence-corrected chi connectivity index (χ2v) is 2.50. The quantitative estimate of drug-likeness (QED) is 0.749. The van der Waals surface area contributed by atoms with Crippen LogP contribution in [0.4, 0.5) is 10.1 Å². The van der Waals surface area contributed by atoms with Gasteiger partial charge in [-0.1, -0.05) is 6.07 Å². The lowest BCUT2D eigenvalue weighted by atomic mass is 10.2. The van der Waals surface area contributed by atoms with E-state index in [0.717, 1.165) is 11.3 Å². The van der Waals surface area contributed by atoms with Crippen molar-refractivity contribution in [2.75, 3.05) is 19.2 Å². The van der Waals surface area contributed by atoms with Crippen LogP contribution in [0.3, 0.4) is 0 Å². The Balaban J connectivity index is 2.95. The molecule has 0 aromatic heterocycles. The van der Waals surface area contributed by atoms with E-state index in [-0.39, 0.29) is 0 Å². The van der Waals surface area contributed by atoms with Crippen molar-refractivity contribution >= 4 is 5.69 Å². The Kier molecular flexibility index (Phi) is 2.91. The second kappa shape index (κ2) is 3.95. The van der Waals surface area contributed by atoms with Crippen molar-refractivity contribution < 1.29 is 9.13 Å². The van der Waals surface area contributed by atoms with Gasteiger partial charge in [-0.25, -0.2) is 4.39 Å². The summed E-state index contributed by atoms with van der Waals surface area (Å²) < 4.78 is 16.7. The standard InChI is InChI=1S/C9H12FNO/c1-7-3-4-8(11-2)9(5-7)12-6-10/h3-5,11H,6H2,1-2H3. The zero-order chi connectivity index (χ0) is 8.97. The summed E-state index contributed by atoms with van der Waals surface area (Å²) in [6, 6.07) is 5.60. The van der Waals surface area contributed by atoms with Crippen LogP contribution < -0.4 is 10.1 Å². The molecule has 0 amide bonds. The molecule has 1 aromatic carbocycles. The predicted octanol–water partition coefficient (Wildman–Crippen LogP) is 2.34. The van der Waals surface area contributed by atoms with Gasteiger partial charge in [0.15, 0.2) is 0 Å². The highest BCUT2D eigenvalue weighted by atomic mass is 19.1. The minimum absolute atomic E-state index is 0.556. The van der Waals surface area contributed by atoms with E-state index < -0.39 is 6.86 Å². The lowest BCUT2D eigenvalue weighted by Gasteiger charge is -2.08. The topological polar surface area (TPSA) is 21.3 Å². The number of anilines is 1. The highest BCUT2D eigenvalue weighted by Crippen LogP contribution is 2.24. The molecule has 66 valence electrons. The number of benzene rings is 1. The first-order valence-corrected chi connectivity index (χ1v) is 3.75. The van der Waals surface area contributed by atoms with Gasteiger partial charge in [-0.2, -0.15) is 0 Å². The third-order valence-electron chi connectivity index (χ3n) is 1.62. The molecule has 0 aliphatic heterocycles. The van der Waals surface area contributed by atoms with Gasteiger partial charge < -0.3 is 10.1 Å². The molecule has 0 radical (unpaired) electrons. The smallest absolute Gasteiger partial charge is 0.228 e. The van der Waals surface area contributed by atoms with Crippen LogP contribution in [0.5, 0.6) is 5.75 Å². The van der Waals surface area contributed by atoms with Crippen molar-refractivity contribution in [2.24, 2.45) is 0 Å². The molecule has 2 nitrogen and oxygen atoms in total. The number of rotatable bonds is 3. The normalized spacial score (nSPS) is 9.58. The van der Waals surface area contributed by atoms with Crippen LogP contribution in [0.2, 0.25) is 0 Å². The van der Waals surface area contributed by atoms with E-state index in [9.17, 15) is 4.39 Å². The van der Waals surface area contributed by atoms with E-state index in [1.807, 2.05) is 19.1 Å². The third kappa shape index (κ3) is 1.87. The van der Waals surface area contributed by atoms with Gasteiger partial charge >= 0.3 is 0 Å². The molecule has 0 saturated heterocycles. The van der Waals surface area contributed by atoms with Crippen molar-refractivity contribution in [3.8, 4) is 5.75 Å². The maximum atomic E-state index is 11.9. The summed E-state index contributed by atoms with van der Waals surface area (Å²) >= 11 is 0. The van der Waals surface area contributed by atoms with Crippen LogP contribution in [0.15, 0.2) is 18.2 Å². The van der Waals surface area contributed by atoms with Crippen LogP contribution in [-0.4, -0.2) is 13.9 Å². The van der Waals surface area contributed by atoms with Crippen LogP contribution in [0.1, 0.15) is 5.56 Å². The van der Waals surface area contributed by atoms with Gasteiger partial charge in [0, 0.05) is 7.05 Å². The summed E-state index contributed by atoms with van der Waals surface area (Å²) in [7, 11) is 1.77. The number of hydrogen-bond donors (Lipinski definition) is 1. The monoisotopic (exact) mass is 169 g/mol. The van der Waals surface area contributed by atoms with Crippen LogP contribution in [0.25, 0.3) is 0 Å². The molecule has 0 spiro atoms. The van der Waals surface area contributed by atoms with Gasteiger partial charge in [-0.3, -0.25) is 0 Å². The zero-order valence-corrected chi connectivity index (χ0v) is 7.23. The Morgan fingerprint density at radius 3 is 2.83 bits per heavy atom. The van der Waals surface area contributed by atoms with Crippen molar-refractivity contribution in [3.63, 3.8) is 0 Å². The highest BCUT2D eigenvalue weighted by molar-refractivity contribution is 5.57. The molecule has 0 bridgehead atoms. The highest BCUT2D eigenvalue weighted by Gasteiger charge is 2.00. The summed E-state index contributed by atoms with van der Waals surface area (Å²) in [5, 5.41) is 2.92. The zero-order valence-electron chi connectivity index (χ0n) is 7.23. The first-order chi connectivity index (χ1) is 5.77. The fraction of sp³-hybridized carbons (Fsp3) is 0.333. The molecule has 0 aliphatic rings. The van der Waals surface area contributed by atoms with E-state index >= 15 is 0 Å². The maximum Gasteiger partial charge on any atom is 0.228 e. The van der Waals surface area contributed by atoms with Gasteiger partial charge in [0.05, 0.1) is 5.69 Å². The van der Waals surface area contributed by atoms with E-state index in [0.29, 0.717) is 5.75 Å². The van der Waals surface area contributed by atoms with Crippen LogP contribution in [0, 0.1) is 6.92 Å². The Labute approximate surface area is 71.4 Å². The molecule has 1 rings (SSSR count). The largest absolute Gasteiger partial charge is 0.461 e. The van der Waals surface area contributed by atoms with Crippen molar-refractivity contribution in [2.45, 2.75) is 6.92 Å². The molecule has 0 atom stereocenters. The number of halogens is 1. The third-order valence-corrected chi connectivity index (χ3v) is 1.62. The van der Waals surface area contributed by atoms with Gasteiger partial charge in [-0.15, -0.1) is 0 Å². The van der Waals surface area contributed by atoms with Crippen LogP contribution in [-0.2, 0) is 0 Å². The second-order valence-electron chi connectivity index (χ2n) is 2.50. The lowest BCUT2D eigenvalue weighted by molar-refractivity contribution is 0.192. The average Bonchev–Trinajstić information content (AvgIpc) is 2.05. The Hall–Kier alpha value is -1.25. The number of hydrogen-bond acceptors (Lipinski definition) is 2. The Bertz CT molecular complexity index is 263. The summed E-state index contributed by atoms with van der Waals surface area (Å²) in [5.41, 5.74) is 1.86. The summed E-state index contributed by atoms with van der Waals surface area (Å²) in [4.78, 5) is 0. The van der Waals surface area contributed by atoms with E-state index in [1.165, 1.54) is 0 Å². The summed E-state index contributed by atoms with van der Waals surface area (Å²) in [5.74, 6) is 0.556. The number of ether oxygens (including phenoxy) is 1. The SMILES string of the molecule is CNc1ccc(C)cc1OCF. The summed E-state index contributed by atoms with van der Waals surface area (Å²) in [6.45, 7) is 1.14. The molecular formula is C9H12FNO. The Morgan fingerprint density at radius 2 is 2.25 bits per heavy atom. The fourth-order valence-electron chi connectivity index (χ4n) is 1.01. The molecule has 3 heteroatoms. The molecule has 0 saturated carbocycles. The van der Waals surface area contributed by atoms with Crippen molar-refractivity contribution in [1.82, 2.24) is 0 Å². The van der Waals surface area contributed by atoms with E-state index in [1.54, 1.807) is 13.1 Å². The Morgan fingerprint density at radius 1 is 1.50 bits per heavy atom. The predicted molar refractivity (Wildman–Crippen MR) is 47.3 cm³/mol. The minimum Gasteiger partial charge on any atom is -0.461 e. The van der Waals surface area contributed by atoms with Crippen molar-refractivity contribution in [3.05, 3.63) is 23.8 Å². The number of nitrogens with one attached hydrogen (secondary N) is 1. The molecule has 1 N–H and O–H groups in total. The molecule has 0 fully saturated rings. The summed E-state index contributed by atoms with van der Waals surface area (Å²) in [6.07, 6.45) is 0. The van der Waals surface area contributed by atoms with Gasteiger partial charge in [0.1, 0.15) is 5.75 Å². The molecule has 0 aliphatic carbocycles. The van der Waals surface area contributed by atoms with Crippen LogP contribution >= 0.6 is 0 Å². The van der Waals surface area contributed by atoms with Gasteiger partial charge in [-0.05, 0) is 24.6 Å². The molecule has 1 aromatic rings. The first kappa shape index (κ1) is 8.84. The molecule has 0 heterocycles.